The highest BCUT2D eigenvalue weighted by Crippen LogP contribution is 2.18. The number of imidazole rings is 2. The lowest BCUT2D eigenvalue weighted by atomic mass is 10.1. The largest absolute Gasteiger partial charge is 0.480 e. The molecule has 200 valence electrons. The fourth-order valence-electron chi connectivity index (χ4n) is 4.01. The molecule has 3 rings (SSSR count). The van der Waals surface area contributed by atoms with Crippen LogP contribution < -0.4 is 21.7 Å². The minimum Gasteiger partial charge on any atom is -0.480 e. The molecule has 0 saturated carbocycles. The molecule has 3 heterocycles. The van der Waals surface area contributed by atoms with Crippen molar-refractivity contribution in [3.63, 3.8) is 0 Å². The normalized spacial score (nSPS) is 17.5. The topological polar surface area (TPSA) is 228 Å². The Bertz CT molecular complexity index is 1090. The van der Waals surface area contributed by atoms with Crippen LogP contribution in [0.1, 0.15) is 31.2 Å². The van der Waals surface area contributed by atoms with Crippen molar-refractivity contribution in [2.45, 2.75) is 56.8 Å². The Balaban J connectivity index is 1.48. The summed E-state index contributed by atoms with van der Waals surface area (Å²) in [5, 5.41) is 16.8. The first-order valence-corrected chi connectivity index (χ1v) is 11.8. The molecule has 4 amide bonds. The standard InChI is InChI=1S/C22H31N9O6/c1-12(29-19(33)15(23)5-13-7-24-10-27-13)21(35)31-4-2-3-17(31)20(34)26-9-18(32)30-16(22(36)37)6-14-8-25-11-28-14/h7-8,10-12,15-17H,2-6,9,23H2,1H3,(H,24,27)(H,25,28)(H,26,34)(H,29,33)(H,30,32)(H,36,37)/t12-,15-,16-,17-/m0/s1. The minimum atomic E-state index is -1.23. The molecule has 1 fully saturated rings. The number of amides is 4. The zero-order chi connectivity index (χ0) is 26.9. The SMILES string of the molecule is C[C@H](NC(=O)[C@@H](N)Cc1cnc[nH]1)C(=O)N1CCC[C@H]1C(=O)NCC(=O)N[C@@H](Cc1cnc[nH]1)C(=O)O. The Morgan fingerprint density at radius 2 is 1.76 bits per heavy atom. The van der Waals surface area contributed by atoms with Crippen molar-refractivity contribution in [1.82, 2.24) is 40.8 Å². The van der Waals surface area contributed by atoms with E-state index in [0.29, 0.717) is 30.8 Å². The summed E-state index contributed by atoms with van der Waals surface area (Å²) in [4.78, 5) is 76.5. The summed E-state index contributed by atoms with van der Waals surface area (Å²) >= 11 is 0. The van der Waals surface area contributed by atoms with Gasteiger partial charge in [0.25, 0.3) is 0 Å². The summed E-state index contributed by atoms with van der Waals surface area (Å²) in [6.45, 7) is 1.36. The van der Waals surface area contributed by atoms with Crippen LogP contribution in [-0.4, -0.2) is 96.8 Å². The van der Waals surface area contributed by atoms with E-state index in [-0.39, 0.29) is 12.8 Å². The molecular weight excluding hydrogens is 486 g/mol. The number of nitrogens with two attached hydrogens (primary N) is 1. The van der Waals surface area contributed by atoms with Crippen molar-refractivity contribution < 1.29 is 29.1 Å². The lowest BCUT2D eigenvalue weighted by molar-refractivity contribution is -0.142. The zero-order valence-electron chi connectivity index (χ0n) is 20.3. The van der Waals surface area contributed by atoms with Gasteiger partial charge in [-0.1, -0.05) is 0 Å². The summed E-state index contributed by atoms with van der Waals surface area (Å²) < 4.78 is 0. The van der Waals surface area contributed by atoms with E-state index in [2.05, 4.69) is 35.9 Å². The molecule has 0 aromatic carbocycles. The van der Waals surface area contributed by atoms with E-state index in [0.717, 1.165) is 0 Å². The van der Waals surface area contributed by atoms with E-state index in [1.807, 2.05) is 0 Å². The van der Waals surface area contributed by atoms with E-state index in [1.54, 1.807) is 6.20 Å². The van der Waals surface area contributed by atoms with Crippen molar-refractivity contribution in [2.75, 3.05) is 13.1 Å². The maximum atomic E-state index is 13.0. The number of carbonyl (C=O) groups is 5. The van der Waals surface area contributed by atoms with Gasteiger partial charge >= 0.3 is 5.97 Å². The van der Waals surface area contributed by atoms with Gasteiger partial charge in [0, 0.05) is 43.2 Å². The average Bonchev–Trinajstić information content (AvgIpc) is 3.64. The third-order valence-electron chi connectivity index (χ3n) is 5.93. The molecule has 2 aromatic heterocycles. The number of rotatable bonds is 12. The molecule has 2 aromatic rings. The van der Waals surface area contributed by atoms with Crippen LogP contribution in [0.3, 0.4) is 0 Å². The van der Waals surface area contributed by atoms with Crippen LogP contribution in [0.4, 0.5) is 0 Å². The maximum absolute atomic E-state index is 13.0. The Labute approximate surface area is 212 Å². The van der Waals surface area contributed by atoms with Gasteiger partial charge in [0.1, 0.15) is 18.1 Å². The third kappa shape index (κ3) is 7.60. The van der Waals surface area contributed by atoms with Gasteiger partial charge in [-0.15, -0.1) is 0 Å². The van der Waals surface area contributed by atoms with Crippen LogP contribution in [0.5, 0.6) is 0 Å². The van der Waals surface area contributed by atoms with Crippen LogP contribution in [0, 0.1) is 0 Å². The average molecular weight is 518 g/mol. The van der Waals surface area contributed by atoms with Gasteiger partial charge in [-0.2, -0.15) is 0 Å². The van der Waals surface area contributed by atoms with Gasteiger partial charge in [0.05, 0.1) is 25.2 Å². The number of hydrogen-bond acceptors (Lipinski definition) is 8. The Kier molecular flexibility index (Phi) is 9.32. The number of carbonyl (C=O) groups excluding carboxylic acids is 4. The number of carboxylic acid groups (broad SMARTS) is 1. The van der Waals surface area contributed by atoms with Crippen LogP contribution in [0.2, 0.25) is 0 Å². The molecule has 1 saturated heterocycles. The summed E-state index contributed by atoms with van der Waals surface area (Å²) in [6.07, 6.45) is 7.04. The van der Waals surface area contributed by atoms with E-state index < -0.39 is 60.3 Å². The van der Waals surface area contributed by atoms with Gasteiger partial charge < -0.3 is 41.7 Å². The molecule has 0 unspecified atom stereocenters. The van der Waals surface area contributed by atoms with Crippen molar-refractivity contribution >= 4 is 29.6 Å². The third-order valence-corrected chi connectivity index (χ3v) is 5.93. The minimum absolute atomic E-state index is 0.00488. The summed E-state index contributed by atoms with van der Waals surface area (Å²) in [5.41, 5.74) is 7.12. The number of hydrogen-bond donors (Lipinski definition) is 7. The van der Waals surface area contributed by atoms with Crippen molar-refractivity contribution in [3.8, 4) is 0 Å². The number of aliphatic carboxylic acids is 1. The van der Waals surface area contributed by atoms with Gasteiger partial charge in [-0.05, 0) is 19.8 Å². The van der Waals surface area contributed by atoms with E-state index in [1.165, 1.54) is 30.7 Å². The summed E-state index contributed by atoms with van der Waals surface area (Å²) in [5.74, 6) is -3.44. The van der Waals surface area contributed by atoms with E-state index >= 15 is 0 Å². The Hall–Kier alpha value is -4.27. The fraction of sp³-hybridized carbons (Fsp3) is 0.500. The van der Waals surface area contributed by atoms with E-state index in [4.69, 9.17) is 5.73 Å². The first-order chi connectivity index (χ1) is 17.7. The first kappa shape index (κ1) is 27.3. The van der Waals surface area contributed by atoms with Crippen LogP contribution in [-0.2, 0) is 36.8 Å². The number of H-pyrrole nitrogens is 2. The highest BCUT2D eigenvalue weighted by atomic mass is 16.4. The van der Waals surface area contributed by atoms with Gasteiger partial charge in [0.2, 0.25) is 23.6 Å². The quantitative estimate of drug-likeness (QED) is 0.157. The fourth-order valence-corrected chi connectivity index (χ4v) is 4.01. The molecule has 1 aliphatic rings. The molecule has 15 heteroatoms. The van der Waals surface area contributed by atoms with Crippen molar-refractivity contribution in [3.05, 3.63) is 36.4 Å². The lowest BCUT2D eigenvalue weighted by Gasteiger charge is -2.27. The van der Waals surface area contributed by atoms with Gasteiger partial charge in [-0.3, -0.25) is 19.2 Å². The molecule has 0 radical (unpaired) electrons. The molecule has 0 aliphatic carbocycles. The Morgan fingerprint density at radius 1 is 1.11 bits per heavy atom. The van der Waals surface area contributed by atoms with Crippen molar-refractivity contribution in [2.24, 2.45) is 5.73 Å². The molecule has 0 spiro atoms. The first-order valence-electron chi connectivity index (χ1n) is 11.8. The van der Waals surface area contributed by atoms with Crippen LogP contribution in [0.25, 0.3) is 0 Å². The number of nitrogens with one attached hydrogen (secondary N) is 5. The Morgan fingerprint density at radius 3 is 2.35 bits per heavy atom. The number of aromatic nitrogens is 4. The van der Waals surface area contributed by atoms with Crippen LogP contribution in [0.15, 0.2) is 25.0 Å². The smallest absolute Gasteiger partial charge is 0.326 e. The van der Waals surface area contributed by atoms with Gasteiger partial charge in [0.15, 0.2) is 0 Å². The highest BCUT2D eigenvalue weighted by molar-refractivity contribution is 5.94. The predicted molar refractivity (Wildman–Crippen MR) is 127 cm³/mol. The van der Waals surface area contributed by atoms with Crippen molar-refractivity contribution in [1.29, 1.82) is 0 Å². The monoisotopic (exact) mass is 517 g/mol. The molecule has 15 nitrogen and oxygen atoms in total. The van der Waals surface area contributed by atoms with E-state index in [9.17, 15) is 29.1 Å². The molecule has 0 bridgehead atoms. The number of carboxylic acids is 1. The second-order valence-corrected chi connectivity index (χ2v) is 8.76. The number of likely N-dealkylation sites (tertiary alicyclic amines) is 1. The predicted octanol–water partition coefficient (Wildman–Crippen LogP) is -2.57. The van der Waals surface area contributed by atoms with Gasteiger partial charge in [-0.25, -0.2) is 14.8 Å². The molecular formula is C22H31N9O6. The lowest BCUT2D eigenvalue weighted by Crippen LogP contribution is -2.55. The molecule has 37 heavy (non-hydrogen) atoms. The number of aromatic amines is 2. The number of nitrogens with zero attached hydrogens (tertiary/aromatic N) is 3. The molecule has 8 N–H and O–H groups in total. The summed E-state index contributed by atoms with van der Waals surface area (Å²) in [7, 11) is 0. The maximum Gasteiger partial charge on any atom is 0.326 e. The van der Waals surface area contributed by atoms with Crippen LogP contribution >= 0.6 is 0 Å². The summed E-state index contributed by atoms with van der Waals surface area (Å²) in [6, 6.07) is -3.84. The zero-order valence-corrected chi connectivity index (χ0v) is 20.3. The second-order valence-electron chi connectivity index (χ2n) is 8.76. The molecule has 4 atom stereocenters. The highest BCUT2D eigenvalue weighted by Gasteiger charge is 2.36. The second kappa shape index (κ2) is 12.6. The molecule has 1 aliphatic heterocycles.